The van der Waals surface area contributed by atoms with Crippen LogP contribution in [0.15, 0.2) is 24.3 Å². The number of alkyl halides is 3. The van der Waals surface area contributed by atoms with Gasteiger partial charge in [-0.05, 0) is 37.1 Å². The maximum absolute atomic E-state index is 12.6. The lowest BCUT2D eigenvalue weighted by Gasteiger charge is -2.31. The topological polar surface area (TPSA) is 83.6 Å². The zero-order valence-electron chi connectivity index (χ0n) is 14.0. The number of rotatable bonds is 4. The molecule has 1 saturated heterocycles. The van der Waals surface area contributed by atoms with Crippen LogP contribution < -0.4 is 5.32 Å². The lowest BCUT2D eigenvalue weighted by Crippen LogP contribution is -2.44. The molecule has 1 fully saturated rings. The molecule has 0 unspecified atom stereocenters. The third-order valence-electron chi connectivity index (χ3n) is 4.31. The Morgan fingerprint density at radius 2 is 1.69 bits per heavy atom. The quantitative estimate of drug-likeness (QED) is 0.841. The molecule has 0 radical (unpaired) electrons. The number of hydrogen-bond donors (Lipinski definition) is 1. The fraction of sp³-hybridized carbons (Fsp3) is 0.500. The number of nitrogens with zero attached hydrogens (tertiary/aromatic N) is 1. The Balaban J connectivity index is 1.99. The minimum atomic E-state index is -4.47. The second-order valence-electron chi connectivity index (χ2n) is 6.05. The Labute approximate surface area is 149 Å². The van der Waals surface area contributed by atoms with E-state index in [1.54, 1.807) is 0 Å². The number of carbonyl (C=O) groups excluding carboxylic acids is 2. The molecule has 0 bridgehead atoms. The number of piperidine rings is 1. The lowest BCUT2D eigenvalue weighted by atomic mass is 10.1. The Bertz CT molecular complexity index is 768. The number of likely N-dealkylation sites (tertiary alicyclic amines) is 1. The summed E-state index contributed by atoms with van der Waals surface area (Å²) in [5.41, 5.74) is -0.724. The van der Waals surface area contributed by atoms with Crippen molar-refractivity contribution in [2.75, 3.05) is 25.9 Å². The van der Waals surface area contributed by atoms with E-state index in [2.05, 4.69) is 5.32 Å². The maximum atomic E-state index is 12.6. The fourth-order valence-corrected chi connectivity index (χ4v) is 4.45. The molecule has 0 aliphatic carbocycles. The Kier molecular flexibility index (Phi) is 5.94. The summed E-state index contributed by atoms with van der Waals surface area (Å²) in [6.45, 7) is 0.328. The van der Waals surface area contributed by atoms with Crippen LogP contribution in [-0.2, 0) is 20.8 Å². The van der Waals surface area contributed by atoms with Crippen LogP contribution in [0, 0.1) is 0 Å². The van der Waals surface area contributed by atoms with Crippen LogP contribution in [0.2, 0.25) is 0 Å². The van der Waals surface area contributed by atoms with Gasteiger partial charge in [-0.2, -0.15) is 13.2 Å². The molecular weight excluding hydrogens is 373 g/mol. The van der Waals surface area contributed by atoms with E-state index in [1.807, 2.05) is 0 Å². The first-order chi connectivity index (χ1) is 12.0. The molecule has 6 nitrogen and oxygen atoms in total. The summed E-state index contributed by atoms with van der Waals surface area (Å²) in [6.07, 6.45) is -4.10. The van der Waals surface area contributed by atoms with E-state index in [0.717, 1.165) is 24.3 Å². The number of sulfone groups is 1. The van der Waals surface area contributed by atoms with Crippen molar-refractivity contribution in [3.63, 3.8) is 0 Å². The van der Waals surface area contributed by atoms with Crippen molar-refractivity contribution in [1.29, 1.82) is 0 Å². The van der Waals surface area contributed by atoms with Gasteiger partial charge in [-0.15, -0.1) is 0 Å². The molecule has 0 spiro atoms. The van der Waals surface area contributed by atoms with Gasteiger partial charge in [0, 0.05) is 25.7 Å². The number of halogens is 3. The van der Waals surface area contributed by atoms with Gasteiger partial charge in [0.1, 0.15) is 5.75 Å². The molecule has 1 heterocycles. The highest BCUT2D eigenvalue weighted by Gasteiger charge is 2.34. The SMILES string of the molecule is CNC(=O)CS(=O)(=O)C1CCN(C(=O)c2ccc(C(F)(F)F)cc2)CC1. The summed E-state index contributed by atoms with van der Waals surface area (Å²) in [5.74, 6) is -1.63. The standard InChI is InChI=1S/C16H19F3N2O4S/c1-20-14(22)10-26(24,25)13-6-8-21(9-7-13)15(23)11-2-4-12(5-3-11)16(17,18)19/h2-5,13H,6-10H2,1H3,(H,20,22). The zero-order chi connectivity index (χ0) is 19.5. The van der Waals surface area contributed by atoms with Gasteiger partial charge in [0.15, 0.2) is 9.84 Å². The van der Waals surface area contributed by atoms with Crippen LogP contribution in [0.1, 0.15) is 28.8 Å². The van der Waals surface area contributed by atoms with Crippen LogP contribution in [0.3, 0.4) is 0 Å². The number of benzene rings is 1. The van der Waals surface area contributed by atoms with Crippen LogP contribution in [0.5, 0.6) is 0 Å². The van der Waals surface area contributed by atoms with Crippen molar-refractivity contribution in [3.05, 3.63) is 35.4 Å². The smallest absolute Gasteiger partial charge is 0.358 e. The van der Waals surface area contributed by atoms with Gasteiger partial charge in [0.2, 0.25) is 5.91 Å². The Morgan fingerprint density at radius 1 is 1.15 bits per heavy atom. The van der Waals surface area contributed by atoms with E-state index >= 15 is 0 Å². The summed E-state index contributed by atoms with van der Waals surface area (Å²) in [4.78, 5) is 25.1. The highest BCUT2D eigenvalue weighted by Crippen LogP contribution is 2.29. The van der Waals surface area contributed by atoms with E-state index < -0.39 is 44.4 Å². The minimum Gasteiger partial charge on any atom is -0.358 e. The predicted molar refractivity (Wildman–Crippen MR) is 88.2 cm³/mol. The van der Waals surface area contributed by atoms with Crippen molar-refractivity contribution >= 4 is 21.7 Å². The van der Waals surface area contributed by atoms with Crippen molar-refractivity contribution in [2.24, 2.45) is 0 Å². The van der Waals surface area contributed by atoms with Crippen LogP contribution in [0.25, 0.3) is 0 Å². The Morgan fingerprint density at radius 3 is 2.15 bits per heavy atom. The van der Waals surface area contributed by atoms with Crippen LogP contribution in [-0.4, -0.2) is 56.3 Å². The zero-order valence-corrected chi connectivity index (χ0v) is 14.9. The van der Waals surface area contributed by atoms with E-state index in [-0.39, 0.29) is 31.5 Å². The summed E-state index contributed by atoms with van der Waals surface area (Å²) in [6, 6.07) is 3.90. The molecule has 1 N–H and O–H groups in total. The first-order valence-electron chi connectivity index (χ1n) is 7.93. The van der Waals surface area contributed by atoms with Crippen molar-refractivity contribution < 1.29 is 31.2 Å². The number of carbonyl (C=O) groups is 2. The predicted octanol–water partition coefficient (Wildman–Crippen LogP) is 1.47. The molecule has 1 aromatic carbocycles. The largest absolute Gasteiger partial charge is 0.416 e. The molecule has 0 aromatic heterocycles. The lowest BCUT2D eigenvalue weighted by molar-refractivity contribution is -0.137. The number of amides is 2. The average molecular weight is 392 g/mol. The number of hydrogen-bond acceptors (Lipinski definition) is 4. The summed E-state index contributed by atoms with van der Waals surface area (Å²) < 4.78 is 62.0. The van der Waals surface area contributed by atoms with Gasteiger partial charge in [-0.1, -0.05) is 0 Å². The van der Waals surface area contributed by atoms with E-state index in [4.69, 9.17) is 0 Å². The second kappa shape index (κ2) is 7.65. The highest BCUT2D eigenvalue weighted by atomic mass is 32.2. The molecule has 26 heavy (non-hydrogen) atoms. The Hall–Kier alpha value is -2.10. The molecule has 2 rings (SSSR count). The van der Waals surface area contributed by atoms with Gasteiger partial charge in [0.05, 0.1) is 10.8 Å². The first-order valence-corrected chi connectivity index (χ1v) is 9.65. The molecule has 0 atom stereocenters. The normalized spacial score (nSPS) is 16.4. The third-order valence-corrected chi connectivity index (χ3v) is 6.46. The monoisotopic (exact) mass is 392 g/mol. The molecule has 0 saturated carbocycles. The maximum Gasteiger partial charge on any atom is 0.416 e. The van der Waals surface area contributed by atoms with E-state index in [1.165, 1.54) is 11.9 Å². The van der Waals surface area contributed by atoms with Crippen molar-refractivity contribution in [2.45, 2.75) is 24.3 Å². The van der Waals surface area contributed by atoms with Gasteiger partial charge < -0.3 is 10.2 Å². The molecular formula is C16H19F3N2O4S. The van der Waals surface area contributed by atoms with E-state index in [0.29, 0.717) is 0 Å². The van der Waals surface area contributed by atoms with Crippen molar-refractivity contribution in [3.8, 4) is 0 Å². The van der Waals surface area contributed by atoms with Gasteiger partial charge >= 0.3 is 6.18 Å². The van der Waals surface area contributed by atoms with Gasteiger partial charge in [-0.3, -0.25) is 9.59 Å². The summed E-state index contributed by atoms with van der Waals surface area (Å²) in [7, 11) is -2.26. The number of nitrogens with one attached hydrogen (secondary N) is 1. The second-order valence-corrected chi connectivity index (χ2v) is 8.33. The molecule has 1 aromatic rings. The van der Waals surface area contributed by atoms with Crippen LogP contribution >= 0.6 is 0 Å². The highest BCUT2D eigenvalue weighted by molar-refractivity contribution is 7.92. The fourth-order valence-electron chi connectivity index (χ4n) is 2.78. The molecule has 144 valence electrons. The third kappa shape index (κ3) is 4.75. The van der Waals surface area contributed by atoms with Crippen LogP contribution in [0.4, 0.5) is 13.2 Å². The molecule has 10 heteroatoms. The van der Waals surface area contributed by atoms with E-state index in [9.17, 15) is 31.2 Å². The summed E-state index contributed by atoms with van der Waals surface area (Å²) in [5, 5.41) is 1.55. The molecule has 1 aliphatic heterocycles. The molecule has 2 amide bonds. The first kappa shape index (κ1) is 20.2. The van der Waals surface area contributed by atoms with Gasteiger partial charge in [-0.25, -0.2) is 8.42 Å². The summed E-state index contributed by atoms with van der Waals surface area (Å²) >= 11 is 0. The molecule has 1 aliphatic rings. The van der Waals surface area contributed by atoms with Gasteiger partial charge in [0.25, 0.3) is 5.91 Å². The average Bonchev–Trinajstić information content (AvgIpc) is 2.60. The minimum absolute atomic E-state index is 0.115. The van der Waals surface area contributed by atoms with Crippen molar-refractivity contribution in [1.82, 2.24) is 10.2 Å².